The van der Waals surface area contributed by atoms with Gasteiger partial charge in [-0.3, -0.25) is 9.78 Å². The summed E-state index contributed by atoms with van der Waals surface area (Å²) < 4.78 is 0. The second-order valence-corrected chi connectivity index (χ2v) is 5.62. The molecule has 1 unspecified atom stereocenters. The van der Waals surface area contributed by atoms with Gasteiger partial charge in [0.15, 0.2) is 0 Å². The largest absolute Gasteiger partial charge is 0.331 e. The zero-order valence-corrected chi connectivity index (χ0v) is 14.2. The number of hydrogen-bond acceptors (Lipinski definition) is 3. The van der Waals surface area contributed by atoms with Gasteiger partial charge in [-0.15, -0.1) is 0 Å². The van der Waals surface area contributed by atoms with Crippen LogP contribution in [0.25, 0.3) is 0 Å². The molecule has 126 valence electrons. The van der Waals surface area contributed by atoms with E-state index in [-0.39, 0.29) is 18.0 Å². The van der Waals surface area contributed by atoms with Crippen molar-refractivity contribution in [1.29, 1.82) is 0 Å². The van der Waals surface area contributed by atoms with Crippen molar-refractivity contribution in [2.75, 3.05) is 10.6 Å². The quantitative estimate of drug-likeness (QED) is 0.766. The Balaban J connectivity index is 2.05. The molecule has 3 amide bonds. The van der Waals surface area contributed by atoms with Crippen LogP contribution in [-0.4, -0.2) is 16.9 Å². The van der Waals surface area contributed by atoms with Crippen molar-refractivity contribution in [2.45, 2.75) is 26.3 Å². The highest BCUT2D eigenvalue weighted by molar-refractivity contribution is 6.33. The van der Waals surface area contributed by atoms with Crippen molar-refractivity contribution in [3.63, 3.8) is 0 Å². The Labute approximate surface area is 145 Å². The number of nitrogens with zero attached hydrogens (tertiary/aromatic N) is 1. The van der Waals surface area contributed by atoms with Crippen molar-refractivity contribution in [1.82, 2.24) is 10.3 Å². The Morgan fingerprint density at radius 3 is 2.50 bits per heavy atom. The Kier molecular flexibility index (Phi) is 6.14. The number of pyridine rings is 1. The van der Waals surface area contributed by atoms with Crippen molar-refractivity contribution < 1.29 is 9.59 Å². The summed E-state index contributed by atoms with van der Waals surface area (Å²) in [5.74, 6) is -0.234. The summed E-state index contributed by atoms with van der Waals surface area (Å²) in [6.45, 7) is 3.38. The van der Waals surface area contributed by atoms with E-state index < -0.39 is 0 Å². The molecule has 1 aromatic carbocycles. The van der Waals surface area contributed by atoms with Gasteiger partial charge in [-0.05, 0) is 42.3 Å². The van der Waals surface area contributed by atoms with E-state index in [1.165, 1.54) is 6.92 Å². The molecule has 0 spiro atoms. The maximum Gasteiger partial charge on any atom is 0.319 e. The third-order valence-corrected chi connectivity index (χ3v) is 3.69. The van der Waals surface area contributed by atoms with E-state index in [4.69, 9.17) is 11.6 Å². The molecule has 0 fully saturated rings. The lowest BCUT2D eigenvalue weighted by molar-refractivity contribution is -0.114. The molecule has 0 aliphatic heterocycles. The standard InChI is InChI=1S/C17H19ClN4O2/c1-3-15(12-6-8-19-9-7-12)22-17(24)21-13-4-5-14(18)16(10-13)20-11(2)23/h4-10,15H,3H2,1-2H3,(H,20,23)(H2,21,22,24). The number of rotatable bonds is 5. The number of urea groups is 1. The molecule has 6 nitrogen and oxygen atoms in total. The summed E-state index contributed by atoms with van der Waals surface area (Å²) in [7, 11) is 0. The van der Waals surface area contributed by atoms with E-state index in [2.05, 4.69) is 20.9 Å². The Morgan fingerprint density at radius 1 is 1.17 bits per heavy atom. The number of benzene rings is 1. The lowest BCUT2D eigenvalue weighted by atomic mass is 10.1. The molecule has 24 heavy (non-hydrogen) atoms. The van der Waals surface area contributed by atoms with Gasteiger partial charge >= 0.3 is 6.03 Å². The van der Waals surface area contributed by atoms with E-state index in [1.807, 2.05) is 19.1 Å². The molecule has 0 bridgehead atoms. The Hall–Kier alpha value is -2.60. The number of halogens is 1. The molecular formula is C17H19ClN4O2. The smallest absolute Gasteiger partial charge is 0.319 e. The van der Waals surface area contributed by atoms with Gasteiger partial charge in [-0.1, -0.05) is 18.5 Å². The van der Waals surface area contributed by atoms with Gasteiger partial charge in [0.1, 0.15) is 0 Å². The first-order chi connectivity index (χ1) is 11.5. The van der Waals surface area contributed by atoms with Crippen LogP contribution in [-0.2, 0) is 4.79 Å². The van der Waals surface area contributed by atoms with Crippen LogP contribution < -0.4 is 16.0 Å². The molecule has 0 aliphatic rings. The third kappa shape index (κ3) is 4.96. The summed E-state index contributed by atoms with van der Waals surface area (Å²) in [6, 6.07) is 8.17. The summed E-state index contributed by atoms with van der Waals surface area (Å²) in [6.07, 6.45) is 4.13. The number of aromatic nitrogens is 1. The lowest BCUT2D eigenvalue weighted by Gasteiger charge is -2.18. The van der Waals surface area contributed by atoms with Crippen molar-refractivity contribution >= 4 is 34.9 Å². The average Bonchev–Trinajstić information content (AvgIpc) is 2.56. The first-order valence-electron chi connectivity index (χ1n) is 7.54. The van der Waals surface area contributed by atoms with Crippen molar-refractivity contribution in [2.24, 2.45) is 0 Å². The summed E-state index contributed by atoms with van der Waals surface area (Å²) in [4.78, 5) is 27.4. The van der Waals surface area contributed by atoms with Crippen molar-refractivity contribution in [3.8, 4) is 0 Å². The predicted molar refractivity (Wildman–Crippen MR) is 95.2 cm³/mol. The highest BCUT2D eigenvalue weighted by Crippen LogP contribution is 2.25. The summed E-state index contributed by atoms with van der Waals surface area (Å²) >= 11 is 6.01. The van der Waals surface area contributed by atoms with E-state index in [9.17, 15) is 9.59 Å². The zero-order valence-electron chi connectivity index (χ0n) is 13.5. The van der Waals surface area contributed by atoms with E-state index in [0.717, 1.165) is 12.0 Å². The van der Waals surface area contributed by atoms with Crippen LogP contribution in [0.3, 0.4) is 0 Å². The van der Waals surface area contributed by atoms with Gasteiger partial charge in [0.2, 0.25) is 5.91 Å². The molecule has 3 N–H and O–H groups in total. The number of carbonyl (C=O) groups is 2. The molecule has 0 saturated carbocycles. The van der Waals surface area contributed by atoms with Crippen LogP contribution in [0.4, 0.5) is 16.2 Å². The van der Waals surface area contributed by atoms with Gasteiger partial charge in [0.25, 0.3) is 0 Å². The summed E-state index contributed by atoms with van der Waals surface area (Å²) in [5.41, 5.74) is 1.96. The third-order valence-electron chi connectivity index (χ3n) is 3.36. The van der Waals surface area contributed by atoms with E-state index in [0.29, 0.717) is 16.4 Å². The number of amides is 3. The van der Waals surface area contributed by atoms with Gasteiger partial charge in [-0.25, -0.2) is 4.79 Å². The number of nitrogens with one attached hydrogen (secondary N) is 3. The molecule has 1 heterocycles. The highest BCUT2D eigenvalue weighted by Gasteiger charge is 2.13. The fourth-order valence-electron chi connectivity index (χ4n) is 2.23. The monoisotopic (exact) mass is 346 g/mol. The Bertz CT molecular complexity index is 722. The van der Waals surface area contributed by atoms with Gasteiger partial charge in [-0.2, -0.15) is 0 Å². The maximum atomic E-state index is 12.2. The van der Waals surface area contributed by atoms with Crippen LogP contribution in [0.15, 0.2) is 42.7 Å². The van der Waals surface area contributed by atoms with E-state index >= 15 is 0 Å². The first-order valence-corrected chi connectivity index (χ1v) is 7.92. The highest BCUT2D eigenvalue weighted by atomic mass is 35.5. The van der Waals surface area contributed by atoms with Crippen LogP contribution in [0.1, 0.15) is 31.9 Å². The molecular weight excluding hydrogens is 328 g/mol. The second kappa shape index (κ2) is 8.31. The number of carbonyl (C=O) groups excluding carboxylic acids is 2. The van der Waals surface area contributed by atoms with Crippen LogP contribution in [0.2, 0.25) is 5.02 Å². The second-order valence-electron chi connectivity index (χ2n) is 5.22. The molecule has 0 radical (unpaired) electrons. The number of anilines is 2. The fraction of sp³-hybridized carbons (Fsp3) is 0.235. The first kappa shape index (κ1) is 17.7. The maximum absolute atomic E-state index is 12.2. The summed E-state index contributed by atoms with van der Waals surface area (Å²) in [5, 5.41) is 8.67. The molecule has 1 aromatic heterocycles. The fourth-order valence-corrected chi connectivity index (χ4v) is 2.40. The van der Waals surface area contributed by atoms with Crippen molar-refractivity contribution in [3.05, 3.63) is 53.3 Å². The topological polar surface area (TPSA) is 83.1 Å². The SMILES string of the molecule is CCC(NC(=O)Nc1ccc(Cl)c(NC(C)=O)c1)c1ccncc1. The molecule has 0 aliphatic carbocycles. The van der Waals surface area contributed by atoms with Crippen LogP contribution >= 0.6 is 11.6 Å². The molecule has 1 atom stereocenters. The molecule has 7 heteroatoms. The van der Waals surface area contributed by atoms with E-state index in [1.54, 1.807) is 30.6 Å². The van der Waals surface area contributed by atoms with Gasteiger partial charge < -0.3 is 16.0 Å². The normalized spacial score (nSPS) is 11.5. The average molecular weight is 347 g/mol. The Morgan fingerprint density at radius 2 is 1.88 bits per heavy atom. The molecule has 2 aromatic rings. The van der Waals surface area contributed by atoms with Crippen LogP contribution in [0.5, 0.6) is 0 Å². The predicted octanol–water partition coefficient (Wildman–Crippen LogP) is 3.97. The minimum absolute atomic E-state index is 0.116. The van der Waals surface area contributed by atoms with Gasteiger partial charge in [0, 0.05) is 25.0 Å². The number of hydrogen-bond donors (Lipinski definition) is 3. The van der Waals surface area contributed by atoms with Gasteiger partial charge in [0.05, 0.1) is 16.8 Å². The molecule has 2 rings (SSSR count). The minimum Gasteiger partial charge on any atom is -0.331 e. The molecule has 0 saturated heterocycles. The lowest BCUT2D eigenvalue weighted by Crippen LogP contribution is -2.32. The minimum atomic E-state index is -0.338. The zero-order chi connectivity index (χ0) is 17.5. The van der Waals surface area contributed by atoms with Crippen LogP contribution in [0, 0.1) is 0 Å².